The molecule has 2 aromatic rings. The van der Waals surface area contributed by atoms with Crippen LogP contribution in [0.2, 0.25) is 0 Å². The van der Waals surface area contributed by atoms with E-state index in [2.05, 4.69) is 48.0 Å². The fraction of sp³-hybridized carbons (Fsp3) is 0.529. The van der Waals surface area contributed by atoms with Gasteiger partial charge in [-0.2, -0.15) is 0 Å². The monoisotopic (exact) mass is 269 g/mol. The average Bonchev–Trinajstić information content (AvgIpc) is 2.78. The Bertz CT molecular complexity index is 658. The zero-order valence-electron chi connectivity index (χ0n) is 12.3. The van der Waals surface area contributed by atoms with Gasteiger partial charge in [-0.1, -0.05) is 12.1 Å². The SMILES string of the molecule is CN1CC(CN)C[C@@H]2c3cccc4c3c(cn4C)C[C@H]21. The quantitative estimate of drug-likeness (QED) is 0.860. The number of hydrogen-bond donors (Lipinski definition) is 1. The van der Waals surface area contributed by atoms with Crippen molar-refractivity contribution in [3.63, 3.8) is 0 Å². The summed E-state index contributed by atoms with van der Waals surface area (Å²) in [6.45, 7) is 1.96. The van der Waals surface area contributed by atoms with Crippen molar-refractivity contribution in [2.45, 2.75) is 24.8 Å². The Morgan fingerprint density at radius 3 is 2.95 bits per heavy atom. The summed E-state index contributed by atoms with van der Waals surface area (Å²) in [4.78, 5) is 2.54. The number of rotatable bonds is 1. The van der Waals surface area contributed by atoms with Crippen LogP contribution < -0.4 is 5.73 Å². The number of aryl methyl sites for hydroxylation is 1. The van der Waals surface area contributed by atoms with E-state index >= 15 is 0 Å². The van der Waals surface area contributed by atoms with Crippen LogP contribution in [0.1, 0.15) is 23.5 Å². The molecule has 0 amide bonds. The Labute approximate surface area is 120 Å². The van der Waals surface area contributed by atoms with Gasteiger partial charge >= 0.3 is 0 Å². The molecule has 1 aromatic carbocycles. The fourth-order valence-corrected chi connectivity index (χ4v) is 4.50. The summed E-state index contributed by atoms with van der Waals surface area (Å²) in [7, 11) is 4.44. The number of nitrogens with zero attached hydrogens (tertiary/aromatic N) is 2. The molecule has 0 saturated carbocycles. The molecule has 2 aliphatic rings. The second-order valence-electron chi connectivity index (χ2n) is 6.66. The lowest BCUT2D eigenvalue weighted by Crippen LogP contribution is -2.49. The number of nitrogens with two attached hydrogens (primary N) is 1. The predicted octanol–water partition coefficient (Wildman–Crippen LogP) is 2.10. The van der Waals surface area contributed by atoms with E-state index in [4.69, 9.17) is 5.73 Å². The second kappa shape index (κ2) is 4.34. The highest BCUT2D eigenvalue weighted by atomic mass is 15.1. The number of aromatic nitrogens is 1. The van der Waals surface area contributed by atoms with Crippen LogP contribution in [0.15, 0.2) is 24.4 Å². The van der Waals surface area contributed by atoms with E-state index < -0.39 is 0 Å². The first-order valence-corrected chi connectivity index (χ1v) is 7.66. The molecule has 0 spiro atoms. The molecule has 3 heteroatoms. The van der Waals surface area contributed by atoms with Crippen molar-refractivity contribution in [3.05, 3.63) is 35.5 Å². The van der Waals surface area contributed by atoms with E-state index in [0.717, 1.165) is 13.1 Å². The highest BCUT2D eigenvalue weighted by Gasteiger charge is 2.39. The highest BCUT2D eigenvalue weighted by molar-refractivity contribution is 5.89. The van der Waals surface area contributed by atoms with Crippen LogP contribution in [0.3, 0.4) is 0 Å². The van der Waals surface area contributed by atoms with Crippen molar-refractivity contribution in [1.82, 2.24) is 9.47 Å². The number of benzene rings is 1. The van der Waals surface area contributed by atoms with Crippen molar-refractivity contribution >= 4 is 10.9 Å². The first-order valence-electron chi connectivity index (χ1n) is 7.66. The Balaban J connectivity index is 1.89. The molecule has 2 heterocycles. The molecule has 20 heavy (non-hydrogen) atoms. The van der Waals surface area contributed by atoms with Gasteiger partial charge in [-0.3, -0.25) is 0 Å². The molecule has 1 unspecified atom stereocenters. The van der Waals surface area contributed by atoms with Crippen LogP contribution >= 0.6 is 0 Å². The van der Waals surface area contributed by atoms with Crippen LogP contribution in [0, 0.1) is 5.92 Å². The number of piperidine rings is 1. The first kappa shape index (κ1) is 12.4. The zero-order chi connectivity index (χ0) is 13.9. The maximum atomic E-state index is 5.95. The van der Waals surface area contributed by atoms with Crippen LogP contribution in [-0.4, -0.2) is 35.6 Å². The van der Waals surface area contributed by atoms with Crippen molar-refractivity contribution in [1.29, 1.82) is 0 Å². The van der Waals surface area contributed by atoms with Gasteiger partial charge in [0.15, 0.2) is 0 Å². The Kier molecular flexibility index (Phi) is 2.69. The molecule has 2 N–H and O–H groups in total. The molecular weight excluding hydrogens is 246 g/mol. The lowest BCUT2D eigenvalue weighted by Gasteiger charge is -2.45. The molecule has 1 aliphatic carbocycles. The van der Waals surface area contributed by atoms with E-state index in [9.17, 15) is 0 Å². The van der Waals surface area contributed by atoms with E-state index in [1.165, 1.54) is 29.3 Å². The number of likely N-dealkylation sites (tertiary alicyclic amines) is 1. The number of fused-ring (bicyclic) bond motifs is 2. The van der Waals surface area contributed by atoms with Crippen molar-refractivity contribution in [3.8, 4) is 0 Å². The summed E-state index contributed by atoms with van der Waals surface area (Å²) in [6, 6.07) is 7.46. The summed E-state index contributed by atoms with van der Waals surface area (Å²) in [5.74, 6) is 1.29. The molecule has 4 rings (SSSR count). The van der Waals surface area contributed by atoms with Crippen LogP contribution in [0.4, 0.5) is 0 Å². The maximum absolute atomic E-state index is 5.95. The molecule has 1 aromatic heterocycles. The normalized spacial score (nSPS) is 29.6. The Morgan fingerprint density at radius 2 is 2.15 bits per heavy atom. The summed E-state index contributed by atoms with van der Waals surface area (Å²) in [6.07, 6.45) is 4.76. The second-order valence-corrected chi connectivity index (χ2v) is 6.66. The smallest absolute Gasteiger partial charge is 0.0483 e. The van der Waals surface area contributed by atoms with Gasteiger partial charge in [-0.15, -0.1) is 0 Å². The van der Waals surface area contributed by atoms with Crippen LogP contribution in [0.5, 0.6) is 0 Å². The first-order chi connectivity index (χ1) is 9.69. The fourth-order valence-electron chi connectivity index (χ4n) is 4.50. The van der Waals surface area contributed by atoms with Gasteiger partial charge in [0.1, 0.15) is 0 Å². The molecule has 3 nitrogen and oxygen atoms in total. The molecule has 0 radical (unpaired) electrons. The molecule has 1 aliphatic heterocycles. The maximum Gasteiger partial charge on any atom is 0.0483 e. The van der Waals surface area contributed by atoms with Crippen LogP contribution in [0.25, 0.3) is 10.9 Å². The molecular formula is C17H23N3. The number of hydrogen-bond acceptors (Lipinski definition) is 2. The van der Waals surface area contributed by atoms with E-state index in [1.807, 2.05) is 0 Å². The molecule has 1 fully saturated rings. The van der Waals surface area contributed by atoms with Gasteiger partial charge in [0, 0.05) is 42.7 Å². The summed E-state index contributed by atoms with van der Waals surface area (Å²) >= 11 is 0. The van der Waals surface area contributed by atoms with Gasteiger partial charge in [0.25, 0.3) is 0 Å². The van der Waals surface area contributed by atoms with E-state index in [-0.39, 0.29) is 0 Å². The summed E-state index contributed by atoms with van der Waals surface area (Å²) in [5, 5.41) is 1.52. The standard InChI is InChI=1S/C17H23N3/c1-19-9-11(8-18)6-14-13-4-3-5-15-17(13)12(7-16(14)19)10-20(15)2/h3-5,10-11,14,16H,6-9,18H2,1-2H3/t11?,14-,16-/m1/s1. The molecule has 0 bridgehead atoms. The average molecular weight is 269 g/mol. The summed E-state index contributed by atoms with van der Waals surface area (Å²) in [5.41, 5.74) is 10.4. The van der Waals surface area contributed by atoms with Gasteiger partial charge in [-0.25, -0.2) is 0 Å². The largest absolute Gasteiger partial charge is 0.350 e. The lowest BCUT2D eigenvalue weighted by molar-refractivity contribution is 0.115. The number of likely N-dealkylation sites (N-methyl/N-ethyl adjacent to an activating group) is 1. The topological polar surface area (TPSA) is 34.2 Å². The third kappa shape index (κ3) is 1.60. The summed E-state index contributed by atoms with van der Waals surface area (Å²) < 4.78 is 2.28. The Hall–Kier alpha value is -1.32. The Morgan fingerprint density at radius 1 is 1.30 bits per heavy atom. The van der Waals surface area contributed by atoms with Gasteiger partial charge in [-0.05, 0) is 49.5 Å². The lowest BCUT2D eigenvalue weighted by atomic mass is 9.72. The highest BCUT2D eigenvalue weighted by Crippen LogP contribution is 2.44. The van der Waals surface area contributed by atoms with Crippen molar-refractivity contribution in [2.75, 3.05) is 20.1 Å². The van der Waals surface area contributed by atoms with E-state index in [0.29, 0.717) is 17.9 Å². The van der Waals surface area contributed by atoms with E-state index in [1.54, 1.807) is 5.56 Å². The third-order valence-corrected chi connectivity index (χ3v) is 5.45. The minimum Gasteiger partial charge on any atom is -0.350 e. The molecule has 1 saturated heterocycles. The minimum atomic E-state index is 0.641. The molecule has 106 valence electrons. The van der Waals surface area contributed by atoms with Gasteiger partial charge in [0.2, 0.25) is 0 Å². The predicted molar refractivity (Wildman–Crippen MR) is 82.9 cm³/mol. The van der Waals surface area contributed by atoms with Crippen LogP contribution in [-0.2, 0) is 13.5 Å². The van der Waals surface area contributed by atoms with Gasteiger partial charge < -0.3 is 15.2 Å². The zero-order valence-corrected chi connectivity index (χ0v) is 12.3. The minimum absolute atomic E-state index is 0.641. The van der Waals surface area contributed by atoms with Crippen molar-refractivity contribution < 1.29 is 0 Å². The molecule has 3 atom stereocenters. The van der Waals surface area contributed by atoms with Crippen molar-refractivity contribution in [2.24, 2.45) is 18.7 Å². The third-order valence-electron chi connectivity index (χ3n) is 5.45. The van der Waals surface area contributed by atoms with Gasteiger partial charge in [0.05, 0.1) is 0 Å².